The Labute approximate surface area is 93.8 Å². The van der Waals surface area contributed by atoms with Crippen molar-refractivity contribution in [2.45, 2.75) is 5.85 Å². The number of hydrogen-bond acceptors (Lipinski definition) is 6. The Bertz CT molecular complexity index is 299. The Morgan fingerprint density at radius 1 is 1.31 bits per heavy atom. The van der Waals surface area contributed by atoms with Crippen molar-refractivity contribution < 1.29 is 28.4 Å². The topological polar surface area (TPSA) is 90.9 Å². The van der Waals surface area contributed by atoms with Gasteiger partial charge in [-0.2, -0.15) is 0 Å². The fourth-order valence-electron chi connectivity index (χ4n) is 0.804. The fraction of sp³-hybridized carbons (Fsp3) is 0.750. The van der Waals surface area contributed by atoms with Gasteiger partial charge in [-0.05, 0) is 13.3 Å². The van der Waals surface area contributed by atoms with Crippen molar-refractivity contribution >= 4 is 19.2 Å². The molecule has 0 bridgehead atoms. The van der Waals surface area contributed by atoms with E-state index in [0.717, 1.165) is 7.11 Å². The molecule has 0 aliphatic heterocycles. The van der Waals surface area contributed by atoms with Crippen molar-refractivity contribution in [3.8, 4) is 0 Å². The van der Waals surface area contributed by atoms with Gasteiger partial charge in [-0.15, -0.1) is 0 Å². The lowest BCUT2D eigenvalue weighted by atomic mass is 10.7. The molecule has 16 heavy (non-hydrogen) atoms. The largest absolute Gasteiger partial charge is 0.466 e. The highest BCUT2D eigenvalue weighted by Crippen LogP contribution is 2.43. The summed E-state index contributed by atoms with van der Waals surface area (Å²) in [7, 11) is -0.429. The summed E-state index contributed by atoms with van der Waals surface area (Å²) in [5.41, 5.74) is 0. The van der Waals surface area contributed by atoms with Crippen LogP contribution < -0.4 is 5.32 Å². The molecule has 0 spiro atoms. The average Bonchev–Trinajstić information content (AvgIpc) is 2.20. The third-order valence-corrected chi connectivity index (χ3v) is 2.99. The maximum Gasteiger partial charge on any atom is 0.410 e. The molecule has 0 aromatic heterocycles. The quantitative estimate of drug-likeness (QED) is 0.434. The van der Waals surface area contributed by atoms with Gasteiger partial charge in [0.1, 0.15) is 13.9 Å². The molecule has 1 unspecified atom stereocenters. The van der Waals surface area contributed by atoms with Gasteiger partial charge in [0.05, 0.1) is 7.11 Å². The predicted octanol–water partition coefficient (Wildman–Crippen LogP) is 0.438. The molecular formula is C8H16NO6P. The number of carbonyl (C=O) groups is 2. The van der Waals surface area contributed by atoms with E-state index in [9.17, 15) is 14.2 Å². The molecule has 1 atom stereocenters. The second kappa shape index (κ2) is 6.50. The maximum absolute atomic E-state index is 11.7. The Morgan fingerprint density at radius 3 is 2.25 bits per heavy atom. The number of rotatable bonds is 5. The summed E-state index contributed by atoms with van der Waals surface area (Å²) in [4.78, 5) is 22.4. The maximum atomic E-state index is 11.7. The van der Waals surface area contributed by atoms with Gasteiger partial charge in [-0.25, -0.2) is 9.59 Å². The molecule has 0 fully saturated rings. The Morgan fingerprint density at radius 2 is 1.88 bits per heavy atom. The van der Waals surface area contributed by atoms with Crippen molar-refractivity contribution in [3.05, 3.63) is 0 Å². The zero-order chi connectivity index (χ0) is 12.8. The molecule has 0 saturated heterocycles. The first kappa shape index (κ1) is 14.9. The third kappa shape index (κ3) is 5.14. The summed E-state index contributed by atoms with van der Waals surface area (Å²) in [6.07, 6.45) is -0.888. The minimum absolute atomic E-state index is 0.0650. The van der Waals surface area contributed by atoms with Crippen molar-refractivity contribution in [2.75, 3.05) is 34.3 Å². The number of amides is 1. The van der Waals surface area contributed by atoms with Crippen molar-refractivity contribution in [1.29, 1.82) is 0 Å². The van der Waals surface area contributed by atoms with Gasteiger partial charge in [0.25, 0.3) is 5.85 Å². The van der Waals surface area contributed by atoms with Crippen LogP contribution in [0.3, 0.4) is 0 Å². The molecule has 0 saturated carbocycles. The van der Waals surface area contributed by atoms with Crippen LogP contribution >= 0.6 is 7.14 Å². The lowest BCUT2D eigenvalue weighted by molar-refractivity contribution is -0.146. The van der Waals surface area contributed by atoms with Crippen LogP contribution in [0.1, 0.15) is 0 Å². The van der Waals surface area contributed by atoms with Crippen LogP contribution in [0, 0.1) is 0 Å². The molecule has 0 rings (SSSR count). The van der Waals surface area contributed by atoms with E-state index in [0.29, 0.717) is 0 Å². The molecule has 7 nitrogen and oxygen atoms in total. The lowest BCUT2D eigenvalue weighted by Gasteiger charge is -2.19. The standard InChI is InChI=1S/C8H16NO6P/c1-13-5-9-8(11)15-7(6(10)14-2)16(3,4)12/h7H,5H2,1-4H3,(H,9,11). The highest BCUT2D eigenvalue weighted by atomic mass is 31.2. The first-order chi connectivity index (χ1) is 7.32. The first-order valence-corrected chi connectivity index (χ1v) is 7.06. The van der Waals surface area contributed by atoms with Crippen LogP contribution in [0.25, 0.3) is 0 Å². The zero-order valence-corrected chi connectivity index (χ0v) is 10.6. The van der Waals surface area contributed by atoms with E-state index in [1.54, 1.807) is 0 Å². The Hall–Kier alpha value is -1.07. The number of ether oxygens (including phenoxy) is 3. The SMILES string of the molecule is COCNC(=O)OC(C(=O)OC)P(C)(C)=O. The molecule has 8 heteroatoms. The summed E-state index contributed by atoms with van der Waals surface area (Å²) in [5, 5.41) is 2.20. The summed E-state index contributed by atoms with van der Waals surface area (Å²) in [6.45, 7) is 2.60. The monoisotopic (exact) mass is 253 g/mol. The molecule has 0 heterocycles. The number of methoxy groups -OCH3 is 2. The van der Waals surface area contributed by atoms with Gasteiger partial charge in [-0.1, -0.05) is 0 Å². The minimum atomic E-state index is -2.93. The van der Waals surface area contributed by atoms with Crippen LogP contribution in [-0.4, -0.2) is 52.2 Å². The van der Waals surface area contributed by atoms with Crippen molar-refractivity contribution in [1.82, 2.24) is 5.32 Å². The highest BCUT2D eigenvalue weighted by Gasteiger charge is 2.35. The molecule has 1 N–H and O–H groups in total. The van der Waals surface area contributed by atoms with Crippen LogP contribution in [0.2, 0.25) is 0 Å². The minimum Gasteiger partial charge on any atom is -0.466 e. The molecule has 1 amide bonds. The van der Waals surface area contributed by atoms with Gasteiger partial charge < -0.3 is 18.8 Å². The molecule has 0 aliphatic rings. The summed E-state index contributed by atoms with van der Waals surface area (Å²) < 4.78 is 25.4. The van der Waals surface area contributed by atoms with Gasteiger partial charge in [-0.3, -0.25) is 5.32 Å². The van der Waals surface area contributed by atoms with Gasteiger partial charge in [0, 0.05) is 7.11 Å². The Kier molecular flexibility index (Phi) is 6.06. The number of hydrogen-bond donors (Lipinski definition) is 1. The number of carbonyl (C=O) groups excluding carboxylic acids is 2. The van der Waals surface area contributed by atoms with E-state index in [1.807, 2.05) is 0 Å². The van der Waals surface area contributed by atoms with Crippen LogP contribution in [0.4, 0.5) is 4.79 Å². The molecule has 94 valence electrons. The number of alkyl carbamates (subject to hydrolysis) is 1. The van der Waals surface area contributed by atoms with E-state index in [1.165, 1.54) is 20.4 Å². The number of esters is 1. The van der Waals surface area contributed by atoms with Crippen LogP contribution in [0.15, 0.2) is 0 Å². The third-order valence-electron chi connectivity index (χ3n) is 1.55. The van der Waals surface area contributed by atoms with Gasteiger partial charge in [0.2, 0.25) is 0 Å². The first-order valence-electron chi connectivity index (χ1n) is 4.38. The summed E-state index contributed by atoms with van der Waals surface area (Å²) in [5.74, 6) is -2.24. The summed E-state index contributed by atoms with van der Waals surface area (Å²) >= 11 is 0. The smallest absolute Gasteiger partial charge is 0.410 e. The van der Waals surface area contributed by atoms with E-state index in [4.69, 9.17) is 4.74 Å². The zero-order valence-electron chi connectivity index (χ0n) is 9.68. The van der Waals surface area contributed by atoms with E-state index >= 15 is 0 Å². The van der Waals surface area contributed by atoms with Crippen LogP contribution in [0.5, 0.6) is 0 Å². The van der Waals surface area contributed by atoms with E-state index in [2.05, 4.69) is 14.8 Å². The van der Waals surface area contributed by atoms with Gasteiger partial charge >= 0.3 is 12.1 Å². The van der Waals surface area contributed by atoms with E-state index in [-0.39, 0.29) is 6.73 Å². The summed E-state index contributed by atoms with van der Waals surface area (Å²) in [6, 6.07) is 0. The normalized spacial score (nSPS) is 12.8. The average molecular weight is 253 g/mol. The number of nitrogens with one attached hydrogen (secondary N) is 1. The molecule has 0 aromatic carbocycles. The van der Waals surface area contributed by atoms with E-state index < -0.39 is 25.0 Å². The van der Waals surface area contributed by atoms with Gasteiger partial charge in [0.15, 0.2) is 0 Å². The molecule has 0 radical (unpaired) electrons. The second-order valence-corrected chi connectivity index (χ2v) is 6.66. The highest BCUT2D eigenvalue weighted by molar-refractivity contribution is 7.63. The lowest BCUT2D eigenvalue weighted by Crippen LogP contribution is -2.34. The Balaban J connectivity index is 4.51. The molecule has 0 aromatic rings. The van der Waals surface area contributed by atoms with Crippen LogP contribution in [-0.2, 0) is 23.6 Å². The van der Waals surface area contributed by atoms with Crippen molar-refractivity contribution in [2.24, 2.45) is 0 Å². The fourth-order valence-corrected chi connectivity index (χ4v) is 1.77. The molecule has 0 aliphatic carbocycles. The second-order valence-electron chi connectivity index (χ2n) is 3.32. The molecular weight excluding hydrogens is 237 g/mol. The van der Waals surface area contributed by atoms with Crippen molar-refractivity contribution in [3.63, 3.8) is 0 Å². The predicted molar refractivity (Wildman–Crippen MR) is 56.8 cm³/mol.